The Morgan fingerprint density at radius 3 is 2.67 bits per heavy atom. The van der Waals surface area contributed by atoms with Crippen molar-refractivity contribution in [3.8, 4) is 11.5 Å². The van der Waals surface area contributed by atoms with Crippen LogP contribution >= 0.6 is 11.8 Å². The molecule has 4 rings (SSSR count). The number of benzene rings is 1. The molecule has 2 heterocycles. The largest absolute Gasteiger partial charge is 0.411 e. The summed E-state index contributed by atoms with van der Waals surface area (Å²) in [4.78, 5) is 12.0. The minimum atomic E-state index is -3.52. The molecule has 0 unspecified atom stereocenters. The molecule has 9 heteroatoms. The van der Waals surface area contributed by atoms with Crippen LogP contribution in [0.4, 0.5) is 0 Å². The van der Waals surface area contributed by atoms with Gasteiger partial charge in [-0.05, 0) is 43.9 Å². The Morgan fingerprint density at radius 2 is 1.93 bits per heavy atom. The number of sulfonamides is 1. The van der Waals surface area contributed by atoms with E-state index in [4.69, 9.17) is 4.42 Å². The molecule has 1 aliphatic carbocycles. The van der Waals surface area contributed by atoms with Gasteiger partial charge in [0.25, 0.3) is 5.22 Å². The molecular weight excluding hydrogens is 386 g/mol. The molecule has 1 atom stereocenters. The lowest BCUT2D eigenvalue weighted by molar-refractivity contribution is -0.116. The Hall–Kier alpha value is -1.71. The highest BCUT2D eigenvalue weighted by molar-refractivity contribution is 8.00. The summed E-state index contributed by atoms with van der Waals surface area (Å²) in [5.74, 6) is 0.480. The van der Waals surface area contributed by atoms with Gasteiger partial charge in [0.05, 0.1) is 10.1 Å². The molecule has 0 N–H and O–H groups in total. The zero-order chi connectivity index (χ0) is 18.9. The van der Waals surface area contributed by atoms with Gasteiger partial charge in [0.2, 0.25) is 15.9 Å². The minimum absolute atomic E-state index is 0.121. The van der Waals surface area contributed by atoms with E-state index < -0.39 is 10.0 Å². The maximum absolute atomic E-state index is 12.9. The quantitative estimate of drug-likeness (QED) is 0.752. The molecule has 27 heavy (non-hydrogen) atoms. The molecule has 1 aromatic heterocycles. The van der Waals surface area contributed by atoms with Crippen molar-refractivity contribution in [3.63, 3.8) is 0 Å². The molecule has 1 saturated heterocycles. The average Bonchev–Trinajstić information content (AvgIpc) is 3.32. The number of carbonyl (C=O) groups excluding carboxylic acids is 1. The first-order valence-electron chi connectivity index (χ1n) is 9.17. The van der Waals surface area contributed by atoms with Gasteiger partial charge < -0.3 is 4.42 Å². The molecule has 0 bridgehead atoms. The molecule has 0 amide bonds. The fourth-order valence-electron chi connectivity index (χ4n) is 3.45. The number of carbonyl (C=O) groups is 1. The molecule has 1 aromatic carbocycles. The molecule has 1 saturated carbocycles. The number of thioether (sulfide) groups is 1. The van der Waals surface area contributed by atoms with E-state index in [0.717, 1.165) is 32.1 Å². The second kappa shape index (κ2) is 7.73. The average molecular weight is 408 g/mol. The summed E-state index contributed by atoms with van der Waals surface area (Å²) in [5, 5.41) is 8.26. The van der Waals surface area contributed by atoms with Crippen molar-refractivity contribution < 1.29 is 17.6 Å². The standard InChI is InChI=1S/C18H21N3O4S2/c22-15-8-5-9-16(15)26-18-20-19-17(25-18)13-6-4-7-14(12-13)27(23,24)21-10-2-1-3-11-21/h4,6-7,12,16H,1-3,5,8-11H2/t16-/m0/s1. The van der Waals surface area contributed by atoms with E-state index in [1.165, 1.54) is 16.1 Å². The summed E-state index contributed by atoms with van der Waals surface area (Å²) in [5.41, 5.74) is 0.560. The highest BCUT2D eigenvalue weighted by atomic mass is 32.2. The molecule has 7 nitrogen and oxygen atoms in total. The summed E-state index contributed by atoms with van der Waals surface area (Å²) in [6, 6.07) is 6.60. The van der Waals surface area contributed by atoms with Gasteiger partial charge in [0.1, 0.15) is 5.78 Å². The van der Waals surface area contributed by atoms with E-state index in [9.17, 15) is 13.2 Å². The van der Waals surface area contributed by atoms with Crippen molar-refractivity contribution in [2.45, 2.75) is 53.9 Å². The van der Waals surface area contributed by atoms with E-state index >= 15 is 0 Å². The summed E-state index contributed by atoms with van der Waals surface area (Å²) in [7, 11) is -3.52. The fourth-order valence-corrected chi connectivity index (χ4v) is 6.00. The van der Waals surface area contributed by atoms with Crippen molar-refractivity contribution in [3.05, 3.63) is 24.3 Å². The number of nitrogens with zero attached hydrogens (tertiary/aromatic N) is 3. The summed E-state index contributed by atoms with van der Waals surface area (Å²) < 4.78 is 32.9. The van der Waals surface area contributed by atoms with Crippen molar-refractivity contribution in [1.29, 1.82) is 0 Å². The smallest absolute Gasteiger partial charge is 0.277 e. The fraction of sp³-hybridized carbons (Fsp3) is 0.500. The zero-order valence-corrected chi connectivity index (χ0v) is 16.5. The van der Waals surface area contributed by atoms with Crippen LogP contribution in [0.25, 0.3) is 11.5 Å². The van der Waals surface area contributed by atoms with E-state index in [1.807, 2.05) is 0 Å². The molecule has 0 radical (unpaired) electrons. The molecule has 2 fully saturated rings. The Bertz CT molecular complexity index is 936. The number of Topliss-reactive ketones (excluding diaryl/α,β-unsaturated/α-hetero) is 1. The Morgan fingerprint density at radius 1 is 1.11 bits per heavy atom. The van der Waals surface area contributed by atoms with Crippen LogP contribution in [0.2, 0.25) is 0 Å². The lowest BCUT2D eigenvalue weighted by Crippen LogP contribution is -2.35. The number of ketones is 1. The van der Waals surface area contributed by atoms with Crippen LogP contribution in [0.15, 0.2) is 38.8 Å². The van der Waals surface area contributed by atoms with Gasteiger partial charge in [-0.2, -0.15) is 4.31 Å². The zero-order valence-electron chi connectivity index (χ0n) is 14.8. The van der Waals surface area contributed by atoms with Crippen LogP contribution < -0.4 is 0 Å². The normalized spacial score (nSPS) is 21.6. The molecule has 1 aliphatic heterocycles. The number of rotatable bonds is 5. The Kier molecular flexibility index (Phi) is 5.34. The lowest BCUT2D eigenvalue weighted by atomic mass is 10.2. The first-order valence-corrected chi connectivity index (χ1v) is 11.5. The second-order valence-corrected chi connectivity index (χ2v) is 9.92. The van der Waals surface area contributed by atoms with Gasteiger partial charge in [-0.15, -0.1) is 10.2 Å². The van der Waals surface area contributed by atoms with Gasteiger partial charge >= 0.3 is 0 Å². The van der Waals surface area contributed by atoms with Crippen LogP contribution in [0, 0.1) is 0 Å². The number of hydrogen-bond donors (Lipinski definition) is 0. The monoisotopic (exact) mass is 407 g/mol. The van der Waals surface area contributed by atoms with Crippen LogP contribution in [-0.4, -0.2) is 47.0 Å². The SMILES string of the molecule is O=C1CCC[C@@H]1Sc1nnc(-c2cccc(S(=O)(=O)N3CCCCC3)c2)o1. The van der Waals surface area contributed by atoms with Crippen molar-refractivity contribution in [2.24, 2.45) is 0 Å². The van der Waals surface area contributed by atoms with Crippen LogP contribution in [0.1, 0.15) is 38.5 Å². The van der Waals surface area contributed by atoms with Gasteiger partial charge in [0.15, 0.2) is 0 Å². The van der Waals surface area contributed by atoms with Gasteiger partial charge in [-0.25, -0.2) is 8.42 Å². The predicted octanol–water partition coefficient (Wildman–Crippen LogP) is 3.12. The summed E-state index contributed by atoms with van der Waals surface area (Å²) in [6.45, 7) is 1.12. The van der Waals surface area contributed by atoms with E-state index in [1.54, 1.807) is 24.3 Å². The highest BCUT2D eigenvalue weighted by Gasteiger charge is 2.28. The molecule has 144 valence electrons. The van der Waals surface area contributed by atoms with Gasteiger partial charge in [-0.3, -0.25) is 4.79 Å². The Balaban J connectivity index is 1.55. The van der Waals surface area contributed by atoms with Gasteiger partial charge in [0, 0.05) is 25.1 Å². The van der Waals surface area contributed by atoms with E-state index in [2.05, 4.69) is 10.2 Å². The van der Waals surface area contributed by atoms with Crippen molar-refractivity contribution in [2.75, 3.05) is 13.1 Å². The van der Waals surface area contributed by atoms with E-state index in [-0.39, 0.29) is 21.8 Å². The number of hydrogen-bond acceptors (Lipinski definition) is 7. The van der Waals surface area contributed by atoms with E-state index in [0.29, 0.717) is 30.3 Å². The molecule has 2 aromatic rings. The molecule has 2 aliphatic rings. The minimum Gasteiger partial charge on any atom is -0.411 e. The number of piperidine rings is 1. The Labute approximate surface area is 162 Å². The van der Waals surface area contributed by atoms with Gasteiger partial charge in [-0.1, -0.05) is 24.2 Å². The van der Waals surface area contributed by atoms with Crippen molar-refractivity contribution >= 4 is 27.6 Å². The second-order valence-electron chi connectivity index (χ2n) is 6.83. The van der Waals surface area contributed by atoms with Crippen LogP contribution in [0.5, 0.6) is 0 Å². The predicted molar refractivity (Wildman–Crippen MR) is 101 cm³/mol. The van der Waals surface area contributed by atoms with Crippen LogP contribution in [0.3, 0.4) is 0 Å². The third-order valence-electron chi connectivity index (χ3n) is 4.93. The van der Waals surface area contributed by atoms with Crippen LogP contribution in [-0.2, 0) is 14.8 Å². The molecular formula is C18H21N3O4S2. The number of aromatic nitrogens is 2. The first-order chi connectivity index (χ1) is 13.0. The maximum atomic E-state index is 12.9. The third-order valence-corrected chi connectivity index (χ3v) is 7.98. The topological polar surface area (TPSA) is 93.4 Å². The lowest BCUT2D eigenvalue weighted by Gasteiger charge is -2.25. The maximum Gasteiger partial charge on any atom is 0.277 e. The summed E-state index contributed by atoms with van der Waals surface area (Å²) >= 11 is 1.29. The third kappa shape index (κ3) is 3.95. The summed E-state index contributed by atoms with van der Waals surface area (Å²) in [6.07, 6.45) is 5.18. The highest BCUT2D eigenvalue weighted by Crippen LogP contribution is 2.33. The van der Waals surface area contributed by atoms with Crippen molar-refractivity contribution in [1.82, 2.24) is 14.5 Å². The molecule has 0 spiro atoms. The first kappa shape index (κ1) is 18.6.